The van der Waals surface area contributed by atoms with E-state index in [-0.39, 0.29) is 5.91 Å². The molecule has 0 fully saturated rings. The number of nitrogens with one attached hydrogen (secondary N) is 1. The van der Waals surface area contributed by atoms with Crippen molar-refractivity contribution < 1.29 is 4.79 Å². The molecule has 0 spiro atoms. The highest BCUT2D eigenvalue weighted by Gasteiger charge is 2.07. The monoisotopic (exact) mass is 280 g/mol. The van der Waals surface area contributed by atoms with Gasteiger partial charge in [-0.15, -0.1) is 0 Å². The number of aryl methyl sites for hydroxylation is 3. The zero-order valence-corrected chi connectivity index (χ0v) is 12.9. The van der Waals surface area contributed by atoms with E-state index in [4.69, 9.17) is 0 Å². The zero-order chi connectivity index (χ0) is 15.4. The smallest absolute Gasteiger partial charge is 0.267 e. The van der Waals surface area contributed by atoms with Crippen LogP contribution in [-0.2, 0) is 0 Å². The van der Waals surface area contributed by atoms with Gasteiger partial charge >= 0.3 is 0 Å². The molecular weight excluding hydrogens is 260 g/mol. The van der Waals surface area contributed by atoms with Crippen molar-refractivity contribution in [1.29, 1.82) is 0 Å². The van der Waals surface area contributed by atoms with Gasteiger partial charge in [-0.3, -0.25) is 4.79 Å². The topological polar surface area (TPSA) is 41.5 Å². The number of carbonyl (C=O) groups is 1. The first-order valence-corrected chi connectivity index (χ1v) is 6.97. The summed E-state index contributed by atoms with van der Waals surface area (Å²) in [7, 11) is 0. The Balaban J connectivity index is 2.19. The van der Waals surface area contributed by atoms with Gasteiger partial charge in [0, 0.05) is 11.1 Å². The van der Waals surface area contributed by atoms with E-state index in [1.807, 2.05) is 25.1 Å². The first-order chi connectivity index (χ1) is 9.99. The number of hydrogen-bond acceptors (Lipinski definition) is 2. The van der Waals surface area contributed by atoms with Crippen molar-refractivity contribution in [3.8, 4) is 0 Å². The van der Waals surface area contributed by atoms with Crippen LogP contribution in [0.4, 0.5) is 0 Å². The highest BCUT2D eigenvalue weighted by molar-refractivity contribution is 6.02. The van der Waals surface area contributed by atoms with Gasteiger partial charge in [0.25, 0.3) is 5.91 Å². The number of carbonyl (C=O) groups excluding carboxylic acids is 1. The molecule has 108 valence electrons. The Morgan fingerprint density at radius 2 is 1.57 bits per heavy atom. The minimum Gasteiger partial charge on any atom is -0.267 e. The lowest BCUT2D eigenvalue weighted by Gasteiger charge is -2.09. The Morgan fingerprint density at radius 1 is 0.952 bits per heavy atom. The van der Waals surface area contributed by atoms with Crippen molar-refractivity contribution in [3.05, 3.63) is 70.3 Å². The van der Waals surface area contributed by atoms with Crippen molar-refractivity contribution in [2.75, 3.05) is 0 Å². The highest BCUT2D eigenvalue weighted by atomic mass is 16.2. The molecule has 0 saturated heterocycles. The summed E-state index contributed by atoms with van der Waals surface area (Å²) in [5, 5.41) is 4.22. The fraction of sp³-hybridized carbons (Fsp3) is 0.222. The summed E-state index contributed by atoms with van der Waals surface area (Å²) in [5.41, 5.74) is 8.72. The lowest BCUT2D eigenvalue weighted by Crippen LogP contribution is -2.19. The molecule has 2 aromatic carbocycles. The first-order valence-electron chi connectivity index (χ1n) is 6.97. The maximum absolute atomic E-state index is 12.0. The van der Waals surface area contributed by atoms with Crippen LogP contribution in [0.15, 0.2) is 47.6 Å². The van der Waals surface area contributed by atoms with Crippen LogP contribution >= 0.6 is 0 Å². The molecule has 0 heterocycles. The average molecular weight is 280 g/mol. The summed E-state index contributed by atoms with van der Waals surface area (Å²) in [6.45, 7) is 8.13. The Bertz CT molecular complexity index is 688. The summed E-state index contributed by atoms with van der Waals surface area (Å²) in [4.78, 5) is 12.0. The number of nitrogens with zero attached hydrogens (tertiary/aromatic N) is 1. The molecule has 1 N–H and O–H groups in total. The molecule has 21 heavy (non-hydrogen) atoms. The molecule has 0 aliphatic rings. The largest absolute Gasteiger partial charge is 0.271 e. The van der Waals surface area contributed by atoms with Gasteiger partial charge in [0.2, 0.25) is 0 Å². The average Bonchev–Trinajstić information content (AvgIpc) is 2.49. The summed E-state index contributed by atoms with van der Waals surface area (Å²) in [5.74, 6) is -0.198. The standard InChI is InChI=1S/C18H20N2O/c1-12-10-14(3)17(11-13(12)2)15(4)19-20-18(21)16-8-6-5-7-9-16/h5-11H,1-4H3,(H,20,21). The van der Waals surface area contributed by atoms with Crippen molar-refractivity contribution >= 4 is 11.6 Å². The predicted molar refractivity (Wildman–Crippen MR) is 86.8 cm³/mol. The van der Waals surface area contributed by atoms with Crippen LogP contribution in [0, 0.1) is 20.8 Å². The lowest BCUT2D eigenvalue weighted by molar-refractivity contribution is 0.0955. The van der Waals surface area contributed by atoms with Crippen molar-refractivity contribution in [3.63, 3.8) is 0 Å². The summed E-state index contributed by atoms with van der Waals surface area (Å²) >= 11 is 0. The molecule has 1 amide bonds. The van der Waals surface area contributed by atoms with E-state index in [0.29, 0.717) is 5.56 Å². The number of benzene rings is 2. The molecule has 0 unspecified atom stereocenters. The second-order valence-corrected chi connectivity index (χ2v) is 5.26. The van der Waals surface area contributed by atoms with Gasteiger partial charge in [0.15, 0.2) is 0 Å². The predicted octanol–water partition coefficient (Wildman–Crippen LogP) is 3.77. The molecule has 0 aliphatic carbocycles. The molecular formula is C18H20N2O. The molecule has 0 bridgehead atoms. The van der Waals surface area contributed by atoms with Gasteiger partial charge in [-0.1, -0.05) is 24.3 Å². The van der Waals surface area contributed by atoms with E-state index in [0.717, 1.165) is 16.8 Å². The minimum absolute atomic E-state index is 0.198. The van der Waals surface area contributed by atoms with Crippen molar-refractivity contribution in [1.82, 2.24) is 5.43 Å². The maximum Gasteiger partial charge on any atom is 0.271 e. The van der Waals surface area contributed by atoms with Crippen molar-refractivity contribution in [2.24, 2.45) is 5.10 Å². The van der Waals surface area contributed by atoms with E-state index in [2.05, 4.69) is 43.4 Å². The SMILES string of the molecule is CC(=NNC(=O)c1ccccc1)c1cc(C)c(C)cc1C. The van der Waals surface area contributed by atoms with E-state index in [1.165, 1.54) is 11.1 Å². The van der Waals surface area contributed by atoms with Gasteiger partial charge in [-0.25, -0.2) is 5.43 Å². The fourth-order valence-electron chi connectivity index (χ4n) is 2.20. The van der Waals surface area contributed by atoms with Crippen LogP contribution in [0.2, 0.25) is 0 Å². The Hall–Kier alpha value is -2.42. The number of rotatable bonds is 3. The van der Waals surface area contributed by atoms with Crippen LogP contribution in [0.3, 0.4) is 0 Å². The van der Waals surface area contributed by atoms with E-state index in [1.54, 1.807) is 12.1 Å². The number of hydrogen-bond donors (Lipinski definition) is 1. The van der Waals surface area contributed by atoms with Crippen molar-refractivity contribution in [2.45, 2.75) is 27.7 Å². The Labute approximate surface area is 125 Å². The molecule has 2 aromatic rings. The quantitative estimate of drug-likeness (QED) is 0.675. The molecule has 0 atom stereocenters. The Morgan fingerprint density at radius 3 is 2.24 bits per heavy atom. The zero-order valence-electron chi connectivity index (χ0n) is 12.9. The van der Waals surface area contributed by atoms with Crippen LogP contribution in [0.5, 0.6) is 0 Å². The molecule has 0 saturated carbocycles. The molecule has 3 nitrogen and oxygen atoms in total. The highest BCUT2D eigenvalue weighted by Crippen LogP contribution is 2.16. The Kier molecular flexibility index (Phi) is 4.53. The van der Waals surface area contributed by atoms with Gasteiger partial charge in [0.05, 0.1) is 5.71 Å². The first kappa shape index (κ1) is 15.0. The normalized spacial score (nSPS) is 11.3. The number of amides is 1. The molecule has 0 aliphatic heterocycles. The van der Waals surface area contributed by atoms with Crippen LogP contribution in [0.25, 0.3) is 0 Å². The van der Waals surface area contributed by atoms with Gasteiger partial charge in [0.1, 0.15) is 0 Å². The van der Waals surface area contributed by atoms with Crippen LogP contribution in [-0.4, -0.2) is 11.6 Å². The third kappa shape index (κ3) is 3.57. The van der Waals surface area contributed by atoms with Gasteiger partial charge < -0.3 is 0 Å². The van der Waals surface area contributed by atoms with Crippen LogP contribution < -0.4 is 5.43 Å². The molecule has 0 radical (unpaired) electrons. The maximum atomic E-state index is 12.0. The summed E-state index contributed by atoms with van der Waals surface area (Å²) < 4.78 is 0. The van der Waals surface area contributed by atoms with Gasteiger partial charge in [-0.2, -0.15) is 5.10 Å². The molecule has 3 heteroatoms. The molecule has 2 rings (SSSR count). The summed E-state index contributed by atoms with van der Waals surface area (Å²) in [6, 6.07) is 13.3. The third-order valence-corrected chi connectivity index (χ3v) is 3.59. The van der Waals surface area contributed by atoms with Crippen LogP contribution in [0.1, 0.15) is 39.5 Å². The lowest BCUT2D eigenvalue weighted by atomic mass is 9.98. The fourth-order valence-corrected chi connectivity index (χ4v) is 2.20. The van der Waals surface area contributed by atoms with E-state index in [9.17, 15) is 4.79 Å². The third-order valence-electron chi connectivity index (χ3n) is 3.59. The number of hydrazone groups is 1. The minimum atomic E-state index is -0.198. The van der Waals surface area contributed by atoms with E-state index < -0.39 is 0 Å². The summed E-state index contributed by atoms with van der Waals surface area (Å²) in [6.07, 6.45) is 0. The second-order valence-electron chi connectivity index (χ2n) is 5.26. The molecule has 0 aromatic heterocycles. The van der Waals surface area contributed by atoms with Gasteiger partial charge in [-0.05, 0) is 62.6 Å². The second kappa shape index (κ2) is 6.35. The van der Waals surface area contributed by atoms with E-state index >= 15 is 0 Å².